The van der Waals surface area contributed by atoms with Gasteiger partial charge in [-0.3, -0.25) is 4.79 Å². The van der Waals surface area contributed by atoms with Crippen LogP contribution in [0.5, 0.6) is 5.75 Å². The van der Waals surface area contributed by atoms with E-state index in [2.05, 4.69) is 0 Å². The molecule has 6 heteroatoms. The molecular weight excluding hydrogens is 382 g/mol. The molecule has 1 amide bonds. The summed E-state index contributed by atoms with van der Waals surface area (Å²) in [4.78, 5) is 13.8. The number of aliphatic hydroxyl groups is 1. The molecule has 3 rings (SSSR count). The maximum absolute atomic E-state index is 12.2. The zero-order valence-electron chi connectivity index (χ0n) is 18.2. The van der Waals surface area contributed by atoms with Crippen LogP contribution in [0.25, 0.3) is 11.1 Å². The average Bonchev–Trinajstić information content (AvgIpc) is 3.09. The van der Waals surface area contributed by atoms with Crippen molar-refractivity contribution in [3.05, 3.63) is 54.1 Å². The van der Waals surface area contributed by atoms with Gasteiger partial charge in [0.05, 0.1) is 18.8 Å². The van der Waals surface area contributed by atoms with Crippen LogP contribution in [-0.4, -0.2) is 68.1 Å². The molecule has 0 saturated carbocycles. The number of nitrogens with zero attached hydrogens (tertiary/aromatic N) is 1. The number of benzene rings is 2. The number of hydrogen-bond donors (Lipinski definition) is 1. The number of ether oxygens (including phenoxy) is 3. The summed E-state index contributed by atoms with van der Waals surface area (Å²) < 4.78 is 17.7. The topological polar surface area (TPSA) is 68.2 Å². The van der Waals surface area contributed by atoms with E-state index in [1.165, 1.54) is 0 Å². The summed E-state index contributed by atoms with van der Waals surface area (Å²) in [7, 11) is 5.15. The third-order valence-corrected chi connectivity index (χ3v) is 5.70. The first kappa shape index (κ1) is 22.3. The number of hydrogen-bond acceptors (Lipinski definition) is 5. The second kappa shape index (κ2) is 9.60. The Morgan fingerprint density at radius 3 is 2.47 bits per heavy atom. The highest BCUT2D eigenvalue weighted by Gasteiger charge is 2.45. The summed E-state index contributed by atoms with van der Waals surface area (Å²) in [5.41, 5.74) is 2.63. The zero-order valence-corrected chi connectivity index (χ0v) is 18.2. The first-order valence-electron chi connectivity index (χ1n) is 10.2. The summed E-state index contributed by atoms with van der Waals surface area (Å²) in [5.74, 6) is 0.797. The molecule has 30 heavy (non-hydrogen) atoms. The second-order valence-corrected chi connectivity index (χ2v) is 8.01. The van der Waals surface area contributed by atoms with E-state index < -0.39 is 0 Å². The van der Waals surface area contributed by atoms with Crippen molar-refractivity contribution in [3.8, 4) is 16.9 Å². The zero-order chi connectivity index (χ0) is 21.8. The lowest BCUT2D eigenvalue weighted by atomic mass is 9.96. The van der Waals surface area contributed by atoms with Crippen LogP contribution in [0.4, 0.5) is 0 Å². The second-order valence-electron chi connectivity index (χ2n) is 8.01. The van der Waals surface area contributed by atoms with E-state index in [4.69, 9.17) is 14.2 Å². The number of methoxy groups -OCH3 is 1. The van der Waals surface area contributed by atoms with Crippen molar-refractivity contribution >= 4 is 5.91 Å². The molecule has 0 radical (unpaired) electrons. The van der Waals surface area contributed by atoms with Gasteiger partial charge in [-0.2, -0.15) is 0 Å². The molecule has 6 nitrogen and oxygen atoms in total. The van der Waals surface area contributed by atoms with Crippen molar-refractivity contribution in [3.63, 3.8) is 0 Å². The highest BCUT2D eigenvalue weighted by atomic mass is 16.6. The van der Waals surface area contributed by atoms with E-state index in [0.717, 1.165) is 16.9 Å². The van der Waals surface area contributed by atoms with E-state index in [-0.39, 0.29) is 42.8 Å². The van der Waals surface area contributed by atoms with Gasteiger partial charge in [0.25, 0.3) is 5.91 Å². The first-order chi connectivity index (χ1) is 14.3. The van der Waals surface area contributed by atoms with Gasteiger partial charge in [0.15, 0.2) is 0 Å². The van der Waals surface area contributed by atoms with Crippen LogP contribution >= 0.6 is 0 Å². The monoisotopic (exact) mass is 413 g/mol. The summed E-state index contributed by atoms with van der Waals surface area (Å²) in [5, 5.41) is 9.52. The molecule has 2 aromatic rings. The average molecular weight is 414 g/mol. The van der Waals surface area contributed by atoms with Gasteiger partial charge in [0.2, 0.25) is 0 Å². The van der Waals surface area contributed by atoms with Gasteiger partial charge in [-0.05, 0) is 42.3 Å². The van der Waals surface area contributed by atoms with Gasteiger partial charge in [-0.1, -0.05) is 31.2 Å². The Labute approximate surface area is 178 Å². The molecule has 0 aliphatic carbocycles. The summed E-state index contributed by atoms with van der Waals surface area (Å²) >= 11 is 0. The van der Waals surface area contributed by atoms with E-state index in [1.54, 1.807) is 26.1 Å². The van der Waals surface area contributed by atoms with Crippen molar-refractivity contribution in [2.45, 2.75) is 38.3 Å². The molecule has 162 valence electrons. The van der Waals surface area contributed by atoms with Crippen LogP contribution in [0, 0.1) is 5.92 Å². The molecule has 1 fully saturated rings. The molecule has 1 saturated heterocycles. The Balaban J connectivity index is 1.71. The highest BCUT2D eigenvalue weighted by Crippen LogP contribution is 2.32. The standard InChI is InChI=1S/C24H31NO5/c1-15-21(14-26)30-23(22(15)28-5)16(2)29-20-11-9-17(10-12-20)18-7-6-8-19(13-18)24(27)25(3)4/h6-13,15-16,21-23,26H,14H2,1-5H3. The number of aliphatic hydroxyl groups excluding tert-OH is 1. The van der Waals surface area contributed by atoms with Crippen LogP contribution < -0.4 is 4.74 Å². The third kappa shape index (κ3) is 4.67. The minimum Gasteiger partial charge on any atom is -0.488 e. The van der Waals surface area contributed by atoms with E-state index in [1.807, 2.05) is 62.4 Å². The Hall–Kier alpha value is -2.41. The van der Waals surface area contributed by atoms with Gasteiger partial charge in [-0.25, -0.2) is 0 Å². The fourth-order valence-corrected chi connectivity index (χ4v) is 3.95. The van der Waals surface area contributed by atoms with Crippen molar-refractivity contribution < 1.29 is 24.1 Å². The van der Waals surface area contributed by atoms with Crippen molar-refractivity contribution in [1.29, 1.82) is 0 Å². The third-order valence-electron chi connectivity index (χ3n) is 5.70. The van der Waals surface area contributed by atoms with Gasteiger partial charge in [0, 0.05) is 32.7 Å². The van der Waals surface area contributed by atoms with Crippen molar-refractivity contribution in [1.82, 2.24) is 4.90 Å². The molecule has 0 bridgehead atoms. The van der Waals surface area contributed by atoms with Gasteiger partial charge in [-0.15, -0.1) is 0 Å². The minimum absolute atomic E-state index is 0.0229. The summed E-state index contributed by atoms with van der Waals surface area (Å²) in [6.45, 7) is 3.94. The smallest absolute Gasteiger partial charge is 0.253 e. The van der Waals surface area contributed by atoms with Crippen LogP contribution in [0.2, 0.25) is 0 Å². The van der Waals surface area contributed by atoms with Crippen LogP contribution in [0.3, 0.4) is 0 Å². The molecule has 1 aliphatic heterocycles. The number of carbonyl (C=O) groups is 1. The number of rotatable bonds is 7. The quantitative estimate of drug-likeness (QED) is 0.755. The van der Waals surface area contributed by atoms with E-state index in [9.17, 15) is 9.90 Å². The highest BCUT2D eigenvalue weighted by molar-refractivity contribution is 5.95. The molecular formula is C24H31NO5. The lowest BCUT2D eigenvalue weighted by Crippen LogP contribution is -2.39. The molecule has 1 aliphatic rings. The number of carbonyl (C=O) groups excluding carboxylic acids is 1. The Kier molecular flexibility index (Phi) is 7.13. The van der Waals surface area contributed by atoms with Crippen molar-refractivity contribution in [2.75, 3.05) is 27.8 Å². The largest absolute Gasteiger partial charge is 0.488 e. The SMILES string of the molecule is COC1C(C)C(CO)OC1C(C)Oc1ccc(-c2cccc(C(=O)N(C)C)c2)cc1. The minimum atomic E-state index is -0.254. The number of amides is 1. The maximum Gasteiger partial charge on any atom is 0.253 e. The Morgan fingerprint density at radius 1 is 1.17 bits per heavy atom. The predicted molar refractivity (Wildman–Crippen MR) is 116 cm³/mol. The van der Waals surface area contributed by atoms with Crippen LogP contribution in [0.1, 0.15) is 24.2 Å². The molecule has 1 heterocycles. The van der Waals surface area contributed by atoms with Gasteiger partial charge >= 0.3 is 0 Å². The van der Waals surface area contributed by atoms with Gasteiger partial charge in [0.1, 0.15) is 18.0 Å². The van der Waals surface area contributed by atoms with Crippen molar-refractivity contribution in [2.24, 2.45) is 5.92 Å². The normalized spacial score (nSPS) is 24.5. The predicted octanol–water partition coefficient (Wildman–Crippen LogP) is 3.23. The molecule has 0 spiro atoms. The van der Waals surface area contributed by atoms with Crippen LogP contribution in [-0.2, 0) is 9.47 Å². The fraction of sp³-hybridized carbons (Fsp3) is 0.458. The van der Waals surface area contributed by atoms with Gasteiger partial charge < -0.3 is 24.2 Å². The summed E-state index contributed by atoms with van der Waals surface area (Å²) in [6, 6.07) is 15.4. The van der Waals surface area contributed by atoms with E-state index in [0.29, 0.717) is 5.56 Å². The molecule has 5 atom stereocenters. The lowest BCUT2D eigenvalue weighted by molar-refractivity contribution is -0.0676. The molecule has 2 aromatic carbocycles. The Morgan fingerprint density at radius 2 is 1.87 bits per heavy atom. The maximum atomic E-state index is 12.2. The van der Waals surface area contributed by atoms with Crippen LogP contribution in [0.15, 0.2) is 48.5 Å². The fourth-order valence-electron chi connectivity index (χ4n) is 3.95. The van der Waals surface area contributed by atoms with E-state index >= 15 is 0 Å². The lowest BCUT2D eigenvalue weighted by Gasteiger charge is -2.26. The molecule has 5 unspecified atom stereocenters. The summed E-state index contributed by atoms with van der Waals surface area (Å²) in [6.07, 6.45) is -0.865. The Bertz CT molecular complexity index is 851. The molecule has 0 aromatic heterocycles. The first-order valence-corrected chi connectivity index (χ1v) is 10.2. The molecule has 1 N–H and O–H groups in total.